The van der Waals surface area contributed by atoms with Gasteiger partial charge in [-0.1, -0.05) is 36.6 Å². The van der Waals surface area contributed by atoms with Crippen LogP contribution >= 0.6 is 23.4 Å². The van der Waals surface area contributed by atoms with Crippen LogP contribution in [0.5, 0.6) is 0 Å². The molecule has 1 saturated carbocycles. The normalized spacial score (nSPS) is 17.8. The first-order valence-corrected chi connectivity index (χ1v) is 8.65. The molecule has 1 fully saturated rings. The molecule has 0 bridgehead atoms. The number of rotatable bonds is 6. The van der Waals surface area contributed by atoms with Crippen LogP contribution < -0.4 is 5.32 Å². The second-order valence-corrected chi connectivity index (χ2v) is 7.26. The van der Waals surface area contributed by atoms with Gasteiger partial charge in [0.25, 0.3) is 0 Å². The summed E-state index contributed by atoms with van der Waals surface area (Å²) in [7, 11) is 2.06. The van der Waals surface area contributed by atoms with Crippen molar-refractivity contribution in [2.45, 2.75) is 50.3 Å². The van der Waals surface area contributed by atoms with Gasteiger partial charge in [0.2, 0.25) is 0 Å². The molecule has 1 aromatic carbocycles. The average Bonchev–Trinajstić information content (AvgIpc) is 2.90. The molecule has 1 aliphatic carbocycles. The topological polar surface area (TPSA) is 12.0 Å². The van der Waals surface area contributed by atoms with Gasteiger partial charge >= 0.3 is 0 Å². The highest BCUT2D eigenvalue weighted by Crippen LogP contribution is 2.30. The number of aryl methyl sites for hydroxylation is 1. The molecule has 19 heavy (non-hydrogen) atoms. The fourth-order valence-corrected chi connectivity index (χ4v) is 4.40. The Hall–Kier alpha value is -0.180. The maximum Gasteiger partial charge on any atom is 0.0441 e. The molecule has 0 amide bonds. The third-order valence-corrected chi connectivity index (χ3v) is 5.81. The minimum Gasteiger partial charge on any atom is -0.316 e. The molecule has 1 aliphatic rings. The van der Waals surface area contributed by atoms with Crippen molar-refractivity contribution in [2.75, 3.05) is 12.8 Å². The lowest BCUT2D eigenvalue weighted by Crippen LogP contribution is -2.30. The van der Waals surface area contributed by atoms with Crippen LogP contribution in [0.4, 0.5) is 0 Å². The Morgan fingerprint density at radius 1 is 1.37 bits per heavy atom. The van der Waals surface area contributed by atoms with Crippen molar-refractivity contribution in [2.24, 2.45) is 0 Å². The van der Waals surface area contributed by atoms with Gasteiger partial charge in [0.05, 0.1) is 0 Å². The first-order chi connectivity index (χ1) is 9.19. The molecular formula is C16H24ClNS. The van der Waals surface area contributed by atoms with Crippen LogP contribution in [0.2, 0.25) is 5.02 Å². The Labute approximate surface area is 126 Å². The number of benzene rings is 1. The lowest BCUT2D eigenvalue weighted by Gasteiger charge is -2.19. The minimum absolute atomic E-state index is 0.519. The molecule has 1 atom stereocenters. The lowest BCUT2D eigenvalue weighted by atomic mass is 10.1. The number of thioether (sulfide) groups is 1. The quantitative estimate of drug-likeness (QED) is 0.832. The molecule has 1 aromatic rings. The van der Waals surface area contributed by atoms with Crippen LogP contribution in [-0.2, 0) is 6.42 Å². The largest absolute Gasteiger partial charge is 0.316 e. The molecule has 1 N–H and O–H groups in total. The maximum atomic E-state index is 6.32. The Morgan fingerprint density at radius 2 is 2.11 bits per heavy atom. The Bertz CT molecular complexity index is 402. The summed E-state index contributed by atoms with van der Waals surface area (Å²) in [6.45, 7) is 2.08. The highest BCUT2D eigenvalue weighted by atomic mass is 35.5. The summed E-state index contributed by atoms with van der Waals surface area (Å²) in [5.74, 6) is 1.19. The molecule has 106 valence electrons. The highest BCUT2D eigenvalue weighted by molar-refractivity contribution is 7.99. The molecule has 1 nitrogen and oxygen atoms in total. The van der Waals surface area contributed by atoms with Crippen molar-refractivity contribution in [3.05, 3.63) is 34.3 Å². The zero-order valence-corrected chi connectivity index (χ0v) is 13.5. The van der Waals surface area contributed by atoms with E-state index in [2.05, 4.69) is 49.2 Å². The van der Waals surface area contributed by atoms with E-state index >= 15 is 0 Å². The van der Waals surface area contributed by atoms with Gasteiger partial charge in [0.1, 0.15) is 0 Å². The molecule has 0 aliphatic heterocycles. The predicted molar refractivity (Wildman–Crippen MR) is 87.5 cm³/mol. The summed E-state index contributed by atoms with van der Waals surface area (Å²) in [6, 6.07) is 6.90. The van der Waals surface area contributed by atoms with Crippen LogP contribution in [-0.4, -0.2) is 24.1 Å². The first-order valence-electron chi connectivity index (χ1n) is 7.23. The van der Waals surface area contributed by atoms with E-state index < -0.39 is 0 Å². The van der Waals surface area contributed by atoms with Crippen molar-refractivity contribution in [1.29, 1.82) is 0 Å². The van der Waals surface area contributed by atoms with E-state index in [1.165, 1.54) is 42.6 Å². The summed E-state index contributed by atoms with van der Waals surface area (Å²) in [6.07, 6.45) is 6.69. The van der Waals surface area contributed by atoms with Crippen LogP contribution in [0.25, 0.3) is 0 Å². The number of likely N-dealkylation sites (N-methyl/N-ethyl adjacent to an activating group) is 1. The fourth-order valence-electron chi connectivity index (χ4n) is 2.63. The van der Waals surface area contributed by atoms with Gasteiger partial charge in [-0.2, -0.15) is 11.8 Å². The summed E-state index contributed by atoms with van der Waals surface area (Å²) < 4.78 is 0. The van der Waals surface area contributed by atoms with Gasteiger partial charge in [-0.15, -0.1) is 0 Å². The standard InChI is InChI=1S/C16H24ClNS/c1-12-7-8-13(16(17)9-12)10-14(18-2)11-19-15-5-3-4-6-15/h7-9,14-15,18H,3-6,10-11H2,1-2H3. The monoisotopic (exact) mass is 297 g/mol. The molecule has 0 heterocycles. The highest BCUT2D eigenvalue weighted by Gasteiger charge is 2.18. The van der Waals surface area contributed by atoms with E-state index in [-0.39, 0.29) is 0 Å². The number of nitrogens with one attached hydrogen (secondary N) is 1. The van der Waals surface area contributed by atoms with Crippen molar-refractivity contribution in [3.8, 4) is 0 Å². The molecule has 0 aromatic heterocycles. The van der Waals surface area contributed by atoms with E-state index in [9.17, 15) is 0 Å². The maximum absolute atomic E-state index is 6.32. The van der Waals surface area contributed by atoms with Crippen LogP contribution in [0.3, 0.4) is 0 Å². The van der Waals surface area contributed by atoms with E-state index in [1.807, 2.05) is 0 Å². The summed E-state index contributed by atoms with van der Waals surface area (Å²) in [5.41, 5.74) is 2.49. The minimum atomic E-state index is 0.519. The third-order valence-electron chi connectivity index (χ3n) is 3.92. The van der Waals surface area contributed by atoms with E-state index in [0.717, 1.165) is 16.7 Å². The summed E-state index contributed by atoms with van der Waals surface area (Å²) in [5, 5.41) is 5.24. The van der Waals surface area contributed by atoms with Crippen LogP contribution in [0.15, 0.2) is 18.2 Å². The molecule has 2 rings (SSSR count). The van der Waals surface area contributed by atoms with Crippen molar-refractivity contribution in [3.63, 3.8) is 0 Å². The Kier molecular flexibility index (Phi) is 6.06. The first kappa shape index (κ1) is 15.2. The SMILES string of the molecule is CNC(CSC1CCCC1)Cc1ccc(C)cc1Cl. The summed E-state index contributed by atoms with van der Waals surface area (Å²) >= 11 is 8.46. The summed E-state index contributed by atoms with van der Waals surface area (Å²) in [4.78, 5) is 0. The molecule has 1 unspecified atom stereocenters. The van der Waals surface area contributed by atoms with Crippen molar-refractivity contribution in [1.82, 2.24) is 5.32 Å². The lowest BCUT2D eigenvalue weighted by molar-refractivity contribution is 0.616. The van der Waals surface area contributed by atoms with Gasteiger partial charge in [-0.25, -0.2) is 0 Å². The zero-order valence-electron chi connectivity index (χ0n) is 11.9. The molecule has 0 radical (unpaired) electrons. The molecule has 0 spiro atoms. The molecular weight excluding hydrogens is 274 g/mol. The molecule has 3 heteroatoms. The van der Waals surface area contributed by atoms with Crippen LogP contribution in [0.1, 0.15) is 36.8 Å². The van der Waals surface area contributed by atoms with Crippen molar-refractivity contribution >= 4 is 23.4 Å². The number of halogens is 1. The second kappa shape index (κ2) is 7.56. The number of hydrogen-bond donors (Lipinski definition) is 1. The second-order valence-electron chi connectivity index (χ2n) is 5.52. The third kappa shape index (κ3) is 4.70. The number of hydrogen-bond acceptors (Lipinski definition) is 2. The van der Waals surface area contributed by atoms with Crippen LogP contribution in [0, 0.1) is 6.92 Å². The van der Waals surface area contributed by atoms with Gasteiger partial charge in [-0.3, -0.25) is 0 Å². The predicted octanol–water partition coefficient (Wildman–Crippen LogP) is 4.45. The van der Waals surface area contributed by atoms with E-state index in [4.69, 9.17) is 11.6 Å². The average molecular weight is 298 g/mol. The Balaban J connectivity index is 1.86. The van der Waals surface area contributed by atoms with E-state index in [0.29, 0.717) is 6.04 Å². The van der Waals surface area contributed by atoms with E-state index in [1.54, 1.807) is 0 Å². The van der Waals surface area contributed by atoms with Gasteiger partial charge in [-0.05, 0) is 50.4 Å². The molecule has 0 saturated heterocycles. The fraction of sp³-hybridized carbons (Fsp3) is 0.625. The van der Waals surface area contributed by atoms with Gasteiger partial charge in [0.15, 0.2) is 0 Å². The van der Waals surface area contributed by atoms with Gasteiger partial charge in [0, 0.05) is 22.1 Å². The van der Waals surface area contributed by atoms with Gasteiger partial charge < -0.3 is 5.32 Å². The zero-order chi connectivity index (χ0) is 13.7. The smallest absolute Gasteiger partial charge is 0.0441 e. The Morgan fingerprint density at radius 3 is 2.74 bits per heavy atom. The van der Waals surface area contributed by atoms with Crippen molar-refractivity contribution < 1.29 is 0 Å².